The summed E-state index contributed by atoms with van der Waals surface area (Å²) >= 11 is 0. The molecule has 1 nitrogen and oxygen atoms in total. The Morgan fingerprint density at radius 3 is 1.77 bits per heavy atom. The molecule has 5 rings (SSSR count). The number of halogens is 8. The molecule has 43 heavy (non-hydrogen) atoms. The van der Waals surface area contributed by atoms with Crippen molar-refractivity contribution in [3.63, 3.8) is 0 Å². The maximum absolute atomic E-state index is 15.2. The van der Waals surface area contributed by atoms with Gasteiger partial charge in [-0.2, -0.15) is 8.78 Å². The van der Waals surface area contributed by atoms with Gasteiger partial charge in [-0.3, -0.25) is 0 Å². The molecule has 2 aliphatic rings. The maximum Gasteiger partial charge on any atom is 0.432 e. The van der Waals surface area contributed by atoms with Crippen LogP contribution in [0.4, 0.5) is 35.1 Å². The molecule has 0 N–H and O–H groups in total. The molecule has 0 radical (unpaired) electrons. The van der Waals surface area contributed by atoms with Crippen LogP contribution in [0.2, 0.25) is 0 Å². The van der Waals surface area contributed by atoms with E-state index in [1.165, 1.54) is 37.8 Å². The van der Waals surface area contributed by atoms with E-state index in [1.807, 2.05) is 0 Å². The summed E-state index contributed by atoms with van der Waals surface area (Å²) in [5.74, 6) is -8.78. The zero-order chi connectivity index (χ0) is 30.9. The fourth-order valence-corrected chi connectivity index (χ4v) is 6.82. The van der Waals surface area contributed by atoms with E-state index in [-0.39, 0.29) is 29.2 Å². The zero-order valence-electron chi connectivity index (χ0n) is 23.6. The van der Waals surface area contributed by atoms with E-state index in [2.05, 4.69) is 23.8 Å². The van der Waals surface area contributed by atoms with Crippen molar-refractivity contribution in [2.45, 2.75) is 70.3 Å². The largest absolute Gasteiger partial charge is 0.432 e. The second-order valence-electron chi connectivity index (χ2n) is 11.7. The summed E-state index contributed by atoms with van der Waals surface area (Å²) in [5, 5.41) is 0. The van der Waals surface area contributed by atoms with Gasteiger partial charge in [0.15, 0.2) is 17.5 Å². The highest BCUT2D eigenvalue weighted by Gasteiger charge is 2.42. The third-order valence-electron chi connectivity index (χ3n) is 9.03. The number of rotatable bonds is 7. The van der Waals surface area contributed by atoms with E-state index < -0.39 is 52.3 Å². The van der Waals surface area contributed by atoms with Crippen LogP contribution in [-0.4, -0.2) is 0 Å². The minimum Gasteiger partial charge on any atom is -0.429 e. The van der Waals surface area contributed by atoms with Crippen LogP contribution >= 0.6 is 0 Å². The third-order valence-corrected chi connectivity index (χ3v) is 9.03. The van der Waals surface area contributed by atoms with Crippen molar-refractivity contribution in [3.05, 3.63) is 101 Å². The van der Waals surface area contributed by atoms with Crippen LogP contribution in [0.5, 0.6) is 5.75 Å². The van der Waals surface area contributed by atoms with Crippen LogP contribution in [0.15, 0.2) is 54.6 Å². The fourth-order valence-electron chi connectivity index (χ4n) is 6.82. The maximum atomic E-state index is 15.2. The van der Waals surface area contributed by atoms with E-state index >= 15 is 4.39 Å². The average Bonchev–Trinajstić information content (AvgIpc) is 2.95. The summed E-state index contributed by atoms with van der Waals surface area (Å²) in [7, 11) is 0. The lowest BCUT2D eigenvalue weighted by Gasteiger charge is -2.37. The number of hydrogen-bond acceptors (Lipinski definition) is 1. The van der Waals surface area contributed by atoms with Gasteiger partial charge in [-0.1, -0.05) is 24.3 Å². The number of benzene rings is 3. The van der Waals surface area contributed by atoms with Gasteiger partial charge in [0, 0.05) is 17.7 Å². The highest BCUT2D eigenvalue weighted by atomic mass is 19.3. The topological polar surface area (TPSA) is 9.23 Å². The van der Waals surface area contributed by atoms with Gasteiger partial charge in [-0.15, -0.1) is 0 Å². The molecule has 3 aromatic rings. The smallest absolute Gasteiger partial charge is 0.429 e. The number of hydrogen-bond donors (Lipinski definition) is 0. The van der Waals surface area contributed by atoms with Gasteiger partial charge in [-0.25, -0.2) is 26.3 Å². The standard InChI is InChI=1S/C34H32F8O/c1-2-3-19-4-6-20(7-5-19)21-8-10-22(11-9-21)23-12-13-26(27(35)14-23)24-15-28(36)32(29(37)16-24)34(41,42)43-25-17-30(38)33(40)31(39)18-25/h2-3,12-22H,4-11H2,1H3/b3-2+. The Morgan fingerprint density at radius 2 is 1.23 bits per heavy atom. The highest BCUT2D eigenvalue weighted by molar-refractivity contribution is 5.65. The Kier molecular flexibility index (Phi) is 9.18. The Morgan fingerprint density at radius 1 is 0.674 bits per heavy atom. The highest BCUT2D eigenvalue weighted by Crippen LogP contribution is 2.45. The molecule has 230 valence electrons. The number of ether oxygens (including phenoxy) is 1. The summed E-state index contributed by atoms with van der Waals surface area (Å²) in [5.41, 5.74) is -1.54. The van der Waals surface area contributed by atoms with Crippen molar-refractivity contribution in [2.75, 3.05) is 0 Å². The second kappa shape index (κ2) is 12.7. The molecule has 0 saturated heterocycles. The molecule has 0 unspecified atom stereocenters. The lowest BCUT2D eigenvalue weighted by Crippen LogP contribution is -2.25. The first-order valence-corrected chi connectivity index (χ1v) is 14.6. The molecular formula is C34H32F8O. The molecule has 0 amide bonds. The molecule has 0 spiro atoms. The first-order valence-electron chi connectivity index (χ1n) is 14.6. The molecule has 9 heteroatoms. The number of allylic oxidation sites excluding steroid dienone is 2. The van der Waals surface area contributed by atoms with Gasteiger partial charge in [0.1, 0.15) is 28.8 Å². The fraction of sp³-hybridized carbons (Fsp3) is 0.412. The average molecular weight is 609 g/mol. The van der Waals surface area contributed by atoms with E-state index in [0.717, 1.165) is 37.2 Å². The quantitative estimate of drug-likeness (QED) is 0.147. The molecule has 2 aliphatic carbocycles. The van der Waals surface area contributed by atoms with E-state index in [1.54, 1.807) is 6.07 Å². The molecule has 0 aliphatic heterocycles. The van der Waals surface area contributed by atoms with Gasteiger partial charge < -0.3 is 4.74 Å². The van der Waals surface area contributed by atoms with Gasteiger partial charge in [-0.05, 0) is 111 Å². The predicted octanol–water partition coefficient (Wildman–Crippen LogP) is 11.0. The third kappa shape index (κ3) is 6.75. The zero-order valence-corrected chi connectivity index (χ0v) is 23.6. The normalized spacial score (nSPS) is 23.1. The summed E-state index contributed by atoms with van der Waals surface area (Å²) in [6.07, 6.45) is 8.61. The van der Waals surface area contributed by atoms with Crippen molar-refractivity contribution < 1.29 is 39.9 Å². The summed E-state index contributed by atoms with van der Waals surface area (Å²) < 4.78 is 118. The van der Waals surface area contributed by atoms with Crippen molar-refractivity contribution in [1.29, 1.82) is 0 Å². The summed E-state index contributed by atoms with van der Waals surface area (Å²) in [6, 6.07) is 5.73. The van der Waals surface area contributed by atoms with Crippen molar-refractivity contribution in [2.24, 2.45) is 17.8 Å². The SMILES string of the molecule is C/C=C/C1CCC(C2CCC(c3ccc(-c4cc(F)c(C(F)(F)Oc5cc(F)c(F)c(F)c5)c(F)c4)c(F)c3)CC2)CC1. The van der Waals surface area contributed by atoms with Crippen LogP contribution in [-0.2, 0) is 6.11 Å². The van der Waals surface area contributed by atoms with Gasteiger partial charge >= 0.3 is 6.11 Å². The van der Waals surface area contributed by atoms with E-state index in [9.17, 15) is 30.7 Å². The van der Waals surface area contributed by atoms with Crippen molar-refractivity contribution >= 4 is 0 Å². The Bertz CT molecular complexity index is 1440. The molecular weight excluding hydrogens is 576 g/mol. The first-order chi connectivity index (χ1) is 20.5. The van der Waals surface area contributed by atoms with Crippen LogP contribution in [0, 0.1) is 52.7 Å². The van der Waals surface area contributed by atoms with Gasteiger partial charge in [0.05, 0.1) is 0 Å². The van der Waals surface area contributed by atoms with Crippen molar-refractivity contribution in [1.82, 2.24) is 0 Å². The van der Waals surface area contributed by atoms with Crippen LogP contribution in [0.3, 0.4) is 0 Å². The minimum atomic E-state index is -4.73. The summed E-state index contributed by atoms with van der Waals surface area (Å²) in [6.45, 7) is 2.06. The molecule has 0 heterocycles. The Hall–Kier alpha value is -3.36. The minimum absolute atomic E-state index is 0.121. The van der Waals surface area contributed by atoms with Crippen LogP contribution in [0.25, 0.3) is 11.1 Å². The van der Waals surface area contributed by atoms with E-state index in [4.69, 9.17) is 0 Å². The molecule has 2 fully saturated rings. The molecule has 0 bridgehead atoms. The lowest BCUT2D eigenvalue weighted by atomic mass is 9.68. The molecule has 0 atom stereocenters. The van der Waals surface area contributed by atoms with Crippen LogP contribution < -0.4 is 4.74 Å². The Balaban J connectivity index is 1.27. The van der Waals surface area contributed by atoms with E-state index in [0.29, 0.717) is 24.0 Å². The first kappa shape index (κ1) is 31.1. The van der Waals surface area contributed by atoms with Gasteiger partial charge in [0.25, 0.3) is 0 Å². The number of alkyl halides is 2. The van der Waals surface area contributed by atoms with Gasteiger partial charge in [0.2, 0.25) is 0 Å². The monoisotopic (exact) mass is 608 g/mol. The van der Waals surface area contributed by atoms with Crippen LogP contribution in [0.1, 0.15) is 75.3 Å². The lowest BCUT2D eigenvalue weighted by molar-refractivity contribution is -0.189. The second-order valence-corrected chi connectivity index (χ2v) is 11.7. The predicted molar refractivity (Wildman–Crippen MR) is 148 cm³/mol. The summed E-state index contributed by atoms with van der Waals surface area (Å²) in [4.78, 5) is 0. The molecule has 0 aromatic heterocycles. The molecule has 3 aromatic carbocycles. The Labute approximate surface area is 245 Å². The molecule has 2 saturated carbocycles. The van der Waals surface area contributed by atoms with Crippen molar-refractivity contribution in [3.8, 4) is 16.9 Å².